The van der Waals surface area contributed by atoms with Crippen LogP contribution in [0.1, 0.15) is 11.1 Å². The number of benzene rings is 1. The van der Waals surface area contributed by atoms with Gasteiger partial charge in [0.15, 0.2) is 0 Å². The molecule has 0 saturated heterocycles. The fraction of sp³-hybridized carbons (Fsp3) is 0.100. The number of carbonyl (C=O) groups is 1. The van der Waals surface area contributed by atoms with Crippen molar-refractivity contribution in [3.63, 3.8) is 0 Å². The first kappa shape index (κ1) is 8.53. The number of rotatable bonds is 2. The predicted molar refractivity (Wildman–Crippen MR) is 47.9 cm³/mol. The van der Waals surface area contributed by atoms with Crippen LogP contribution in [0.25, 0.3) is 6.08 Å². The molecule has 0 spiro atoms. The van der Waals surface area contributed by atoms with Gasteiger partial charge in [-0.25, -0.2) is 0 Å². The second kappa shape index (κ2) is 3.72. The lowest BCUT2D eigenvalue weighted by Gasteiger charge is -1.98. The van der Waals surface area contributed by atoms with Crippen LogP contribution in [0.5, 0.6) is 5.75 Å². The van der Waals surface area contributed by atoms with Gasteiger partial charge in [0.05, 0.1) is 0 Å². The molecule has 2 nitrogen and oxygen atoms in total. The Morgan fingerprint density at radius 2 is 2.17 bits per heavy atom. The van der Waals surface area contributed by atoms with Crippen molar-refractivity contribution in [3.05, 3.63) is 35.4 Å². The summed E-state index contributed by atoms with van der Waals surface area (Å²) in [5.41, 5.74) is 1.72. The van der Waals surface area contributed by atoms with Crippen molar-refractivity contribution in [3.8, 4) is 5.75 Å². The Morgan fingerprint density at radius 3 is 2.83 bits per heavy atom. The number of aromatic hydroxyl groups is 1. The highest BCUT2D eigenvalue weighted by molar-refractivity contribution is 5.75. The zero-order chi connectivity index (χ0) is 8.97. The van der Waals surface area contributed by atoms with Crippen molar-refractivity contribution in [2.75, 3.05) is 0 Å². The number of allylic oxidation sites excluding steroid dienone is 1. The summed E-state index contributed by atoms with van der Waals surface area (Å²) in [5, 5.41) is 9.29. The van der Waals surface area contributed by atoms with Crippen LogP contribution >= 0.6 is 0 Å². The largest absolute Gasteiger partial charge is 0.507 e. The van der Waals surface area contributed by atoms with Gasteiger partial charge < -0.3 is 5.11 Å². The summed E-state index contributed by atoms with van der Waals surface area (Å²) in [6.45, 7) is 1.93. The molecule has 2 heteroatoms. The fourth-order valence-electron chi connectivity index (χ4n) is 0.950. The third kappa shape index (κ3) is 1.95. The van der Waals surface area contributed by atoms with Gasteiger partial charge in [-0.05, 0) is 31.2 Å². The van der Waals surface area contributed by atoms with Crippen LogP contribution in [0.4, 0.5) is 0 Å². The van der Waals surface area contributed by atoms with E-state index in [9.17, 15) is 9.90 Å². The number of phenols is 1. The molecular formula is C10H10O2. The van der Waals surface area contributed by atoms with E-state index in [1.165, 1.54) is 6.08 Å². The minimum Gasteiger partial charge on any atom is -0.507 e. The van der Waals surface area contributed by atoms with Gasteiger partial charge in [-0.1, -0.05) is 11.6 Å². The van der Waals surface area contributed by atoms with Gasteiger partial charge in [0, 0.05) is 5.56 Å². The van der Waals surface area contributed by atoms with Gasteiger partial charge in [-0.2, -0.15) is 0 Å². The Morgan fingerprint density at radius 1 is 1.42 bits per heavy atom. The maximum Gasteiger partial charge on any atom is 0.142 e. The van der Waals surface area contributed by atoms with Crippen molar-refractivity contribution < 1.29 is 9.90 Å². The third-order valence-corrected chi connectivity index (χ3v) is 1.54. The van der Waals surface area contributed by atoms with Gasteiger partial charge in [0.2, 0.25) is 0 Å². The average Bonchev–Trinajstić information content (AvgIpc) is 2.07. The summed E-state index contributed by atoms with van der Waals surface area (Å²) in [7, 11) is 0. The first-order valence-electron chi connectivity index (χ1n) is 3.65. The Kier molecular flexibility index (Phi) is 2.64. The summed E-state index contributed by atoms with van der Waals surface area (Å²) < 4.78 is 0. The van der Waals surface area contributed by atoms with E-state index < -0.39 is 0 Å². The smallest absolute Gasteiger partial charge is 0.142 e. The molecule has 0 fully saturated rings. The van der Waals surface area contributed by atoms with Crippen molar-refractivity contribution in [2.45, 2.75) is 6.92 Å². The molecule has 62 valence electrons. The zero-order valence-electron chi connectivity index (χ0n) is 6.82. The number of phenolic OH excluding ortho intramolecular Hbond substituents is 1. The number of hydrogen-bond acceptors (Lipinski definition) is 2. The van der Waals surface area contributed by atoms with E-state index in [2.05, 4.69) is 0 Å². The predicted octanol–water partition coefficient (Wildman–Crippen LogP) is 1.91. The van der Waals surface area contributed by atoms with E-state index in [-0.39, 0.29) is 5.75 Å². The summed E-state index contributed by atoms with van der Waals surface area (Å²) in [6, 6.07) is 5.24. The summed E-state index contributed by atoms with van der Waals surface area (Å²) in [6.07, 6.45) is 3.62. The summed E-state index contributed by atoms with van der Waals surface area (Å²) in [5.74, 6) is 0.193. The van der Waals surface area contributed by atoms with E-state index in [0.717, 1.165) is 5.56 Å². The second-order valence-corrected chi connectivity index (χ2v) is 2.56. The minimum atomic E-state index is 0.193. The molecule has 0 aromatic heterocycles. The van der Waals surface area contributed by atoms with Crippen LogP contribution in [0.15, 0.2) is 24.3 Å². The van der Waals surface area contributed by atoms with Gasteiger partial charge in [-0.3, -0.25) is 4.79 Å². The van der Waals surface area contributed by atoms with Crippen LogP contribution in [0, 0.1) is 6.92 Å². The van der Waals surface area contributed by atoms with Crippen molar-refractivity contribution in [2.24, 2.45) is 0 Å². The molecule has 1 N–H and O–H groups in total. The standard InChI is InChI=1S/C10H10O2/c1-8-4-5-10(12)9(7-8)3-2-6-11/h2-7,12H,1H3. The molecule has 0 amide bonds. The van der Waals surface area contributed by atoms with E-state index in [1.54, 1.807) is 12.1 Å². The monoisotopic (exact) mass is 162 g/mol. The molecule has 0 aliphatic heterocycles. The number of carbonyl (C=O) groups excluding carboxylic acids is 1. The van der Waals surface area contributed by atoms with E-state index >= 15 is 0 Å². The lowest BCUT2D eigenvalue weighted by Crippen LogP contribution is -1.77. The molecule has 0 aliphatic rings. The first-order valence-corrected chi connectivity index (χ1v) is 3.65. The molecule has 0 saturated carbocycles. The van der Waals surface area contributed by atoms with Gasteiger partial charge in [0.25, 0.3) is 0 Å². The van der Waals surface area contributed by atoms with Gasteiger partial charge in [-0.15, -0.1) is 0 Å². The van der Waals surface area contributed by atoms with Crippen molar-refractivity contribution in [1.82, 2.24) is 0 Å². The highest BCUT2D eigenvalue weighted by Gasteiger charge is 1.95. The Labute approximate surface area is 71.2 Å². The number of hydrogen-bond donors (Lipinski definition) is 1. The molecule has 0 heterocycles. The average molecular weight is 162 g/mol. The molecule has 1 aromatic rings. The molecular weight excluding hydrogens is 152 g/mol. The Hall–Kier alpha value is -1.57. The third-order valence-electron chi connectivity index (χ3n) is 1.54. The normalized spacial score (nSPS) is 10.4. The fourth-order valence-corrected chi connectivity index (χ4v) is 0.950. The molecule has 0 aliphatic carbocycles. The maximum absolute atomic E-state index is 10.0. The van der Waals surface area contributed by atoms with Crippen LogP contribution in [0.3, 0.4) is 0 Å². The Balaban J connectivity index is 3.04. The lowest BCUT2D eigenvalue weighted by atomic mass is 10.1. The summed E-state index contributed by atoms with van der Waals surface area (Å²) in [4.78, 5) is 10.0. The topological polar surface area (TPSA) is 37.3 Å². The SMILES string of the molecule is Cc1ccc(O)c(C=CC=O)c1. The van der Waals surface area contributed by atoms with Crippen molar-refractivity contribution in [1.29, 1.82) is 0 Å². The van der Waals surface area contributed by atoms with E-state index in [1.807, 2.05) is 19.1 Å². The molecule has 0 atom stereocenters. The molecule has 12 heavy (non-hydrogen) atoms. The summed E-state index contributed by atoms with van der Waals surface area (Å²) >= 11 is 0. The number of aryl methyl sites for hydroxylation is 1. The Bertz CT molecular complexity index is 314. The van der Waals surface area contributed by atoms with Crippen LogP contribution in [-0.2, 0) is 4.79 Å². The van der Waals surface area contributed by atoms with Crippen LogP contribution in [0.2, 0.25) is 0 Å². The van der Waals surface area contributed by atoms with Crippen LogP contribution < -0.4 is 0 Å². The highest BCUT2D eigenvalue weighted by Crippen LogP contribution is 2.18. The quantitative estimate of drug-likeness (QED) is 0.532. The minimum absolute atomic E-state index is 0.193. The highest BCUT2D eigenvalue weighted by atomic mass is 16.3. The molecule has 0 bridgehead atoms. The second-order valence-electron chi connectivity index (χ2n) is 2.56. The molecule has 1 aromatic carbocycles. The molecule has 0 unspecified atom stereocenters. The van der Waals surface area contributed by atoms with E-state index in [0.29, 0.717) is 11.8 Å². The number of aldehydes is 1. The maximum atomic E-state index is 10.0. The van der Waals surface area contributed by atoms with Gasteiger partial charge in [0.1, 0.15) is 12.0 Å². The molecule has 1 rings (SSSR count). The van der Waals surface area contributed by atoms with Crippen LogP contribution in [-0.4, -0.2) is 11.4 Å². The first-order chi connectivity index (χ1) is 5.74. The van der Waals surface area contributed by atoms with Crippen molar-refractivity contribution >= 4 is 12.4 Å². The zero-order valence-corrected chi connectivity index (χ0v) is 6.82. The van der Waals surface area contributed by atoms with E-state index in [4.69, 9.17) is 0 Å². The molecule has 0 radical (unpaired) electrons. The lowest BCUT2D eigenvalue weighted by molar-refractivity contribution is -0.104. The van der Waals surface area contributed by atoms with Gasteiger partial charge >= 0.3 is 0 Å².